The molecule has 2 aliphatic heterocycles. The van der Waals surface area contributed by atoms with Gasteiger partial charge in [-0.1, -0.05) is 0 Å². The van der Waals surface area contributed by atoms with E-state index in [4.69, 9.17) is 15.2 Å². The summed E-state index contributed by atoms with van der Waals surface area (Å²) in [5.74, 6) is 0. The summed E-state index contributed by atoms with van der Waals surface area (Å²) in [5.41, 5.74) is 5.57. The zero-order valence-corrected chi connectivity index (χ0v) is 11.4. The molecule has 2 fully saturated rings. The van der Waals surface area contributed by atoms with Gasteiger partial charge < -0.3 is 15.2 Å². The minimum Gasteiger partial charge on any atom is -0.379 e. The fourth-order valence-corrected chi connectivity index (χ4v) is 3.95. The molecule has 0 radical (unpaired) electrons. The largest absolute Gasteiger partial charge is 0.379 e. The highest BCUT2D eigenvalue weighted by molar-refractivity contribution is 7.86. The van der Waals surface area contributed by atoms with Crippen LogP contribution in [0.5, 0.6) is 0 Å². The summed E-state index contributed by atoms with van der Waals surface area (Å²) in [4.78, 5) is 0. The molecule has 0 bridgehead atoms. The molecular weight excluding hydrogens is 258 g/mol. The van der Waals surface area contributed by atoms with Crippen LogP contribution in [0.3, 0.4) is 0 Å². The predicted octanol–water partition coefficient (Wildman–Crippen LogP) is -1.39. The van der Waals surface area contributed by atoms with Gasteiger partial charge in [0.15, 0.2) is 0 Å². The van der Waals surface area contributed by atoms with Crippen molar-refractivity contribution in [3.8, 4) is 0 Å². The van der Waals surface area contributed by atoms with Gasteiger partial charge in [0.2, 0.25) is 0 Å². The highest BCUT2D eigenvalue weighted by Crippen LogP contribution is 2.18. The van der Waals surface area contributed by atoms with Crippen molar-refractivity contribution in [3.63, 3.8) is 0 Å². The summed E-state index contributed by atoms with van der Waals surface area (Å²) >= 11 is 0. The molecule has 8 heteroatoms. The van der Waals surface area contributed by atoms with E-state index >= 15 is 0 Å². The summed E-state index contributed by atoms with van der Waals surface area (Å²) in [5, 5.41) is 0. The predicted molar refractivity (Wildman–Crippen MR) is 66.3 cm³/mol. The Hall–Kier alpha value is -0.250. The van der Waals surface area contributed by atoms with Gasteiger partial charge in [0.05, 0.1) is 25.4 Å². The summed E-state index contributed by atoms with van der Waals surface area (Å²) in [6.07, 6.45) is -0.340. The molecule has 0 spiro atoms. The van der Waals surface area contributed by atoms with Gasteiger partial charge in [-0.15, -0.1) is 0 Å². The van der Waals surface area contributed by atoms with Gasteiger partial charge in [-0.25, -0.2) is 0 Å². The van der Waals surface area contributed by atoms with Crippen molar-refractivity contribution in [1.82, 2.24) is 8.61 Å². The van der Waals surface area contributed by atoms with E-state index in [9.17, 15) is 8.42 Å². The second-order valence-electron chi connectivity index (χ2n) is 4.64. The first-order chi connectivity index (χ1) is 8.54. The lowest BCUT2D eigenvalue weighted by molar-refractivity contribution is -0.0507. The van der Waals surface area contributed by atoms with Crippen LogP contribution in [-0.2, 0) is 19.7 Å². The maximum absolute atomic E-state index is 12.4. The Morgan fingerprint density at radius 3 is 2.50 bits per heavy atom. The molecule has 2 heterocycles. The minimum atomic E-state index is -3.41. The van der Waals surface area contributed by atoms with E-state index in [2.05, 4.69) is 0 Å². The molecule has 0 aromatic carbocycles. The van der Waals surface area contributed by atoms with Crippen LogP contribution in [0.1, 0.15) is 6.92 Å². The first-order valence-corrected chi connectivity index (χ1v) is 7.62. The number of hydrogen-bond acceptors (Lipinski definition) is 5. The van der Waals surface area contributed by atoms with E-state index < -0.39 is 10.2 Å². The van der Waals surface area contributed by atoms with Gasteiger partial charge >= 0.3 is 0 Å². The highest BCUT2D eigenvalue weighted by atomic mass is 32.2. The first kappa shape index (κ1) is 14.2. The van der Waals surface area contributed by atoms with E-state index in [1.54, 1.807) is 0 Å². The van der Waals surface area contributed by atoms with Crippen LogP contribution in [0.25, 0.3) is 0 Å². The molecule has 2 unspecified atom stereocenters. The van der Waals surface area contributed by atoms with Crippen LogP contribution in [0.15, 0.2) is 0 Å². The average Bonchev–Trinajstić information content (AvgIpc) is 2.39. The Morgan fingerprint density at radius 1 is 1.22 bits per heavy atom. The van der Waals surface area contributed by atoms with Crippen LogP contribution in [0.4, 0.5) is 0 Å². The topological polar surface area (TPSA) is 85.1 Å². The molecule has 0 aromatic rings. The van der Waals surface area contributed by atoms with Gasteiger partial charge in [0.25, 0.3) is 10.2 Å². The van der Waals surface area contributed by atoms with E-state index in [1.807, 2.05) is 6.92 Å². The van der Waals surface area contributed by atoms with Gasteiger partial charge in [-0.2, -0.15) is 17.0 Å². The Bertz CT molecular complexity index is 369. The van der Waals surface area contributed by atoms with Crippen molar-refractivity contribution in [3.05, 3.63) is 0 Å². The standard InChI is InChI=1S/C10H21N3O4S/c1-9-7-13(8-10(6-11)17-9)18(14,15)12-2-4-16-5-3-12/h9-10H,2-8,11H2,1H3. The molecule has 2 rings (SSSR count). The third kappa shape index (κ3) is 3.01. The van der Waals surface area contributed by atoms with Crippen molar-refractivity contribution in [2.45, 2.75) is 19.1 Å². The smallest absolute Gasteiger partial charge is 0.282 e. The minimum absolute atomic E-state index is 0.122. The number of rotatable bonds is 3. The van der Waals surface area contributed by atoms with Gasteiger partial charge in [0.1, 0.15) is 0 Å². The Balaban J connectivity index is 2.08. The maximum atomic E-state index is 12.4. The summed E-state index contributed by atoms with van der Waals surface area (Å²) in [6, 6.07) is 0. The second kappa shape index (κ2) is 5.81. The maximum Gasteiger partial charge on any atom is 0.282 e. The van der Waals surface area contributed by atoms with Crippen molar-refractivity contribution in [2.24, 2.45) is 5.73 Å². The molecule has 7 nitrogen and oxygen atoms in total. The molecule has 2 N–H and O–H groups in total. The zero-order valence-electron chi connectivity index (χ0n) is 10.6. The van der Waals surface area contributed by atoms with Crippen LogP contribution in [0.2, 0.25) is 0 Å². The van der Waals surface area contributed by atoms with Crippen molar-refractivity contribution in [1.29, 1.82) is 0 Å². The molecule has 2 atom stereocenters. The lowest BCUT2D eigenvalue weighted by Gasteiger charge is -2.38. The van der Waals surface area contributed by atoms with Crippen molar-refractivity contribution < 1.29 is 17.9 Å². The van der Waals surface area contributed by atoms with E-state index in [1.165, 1.54) is 8.61 Å². The SMILES string of the molecule is CC1CN(S(=O)(=O)N2CCOCC2)CC(CN)O1. The second-order valence-corrected chi connectivity index (χ2v) is 6.57. The molecule has 0 saturated carbocycles. The van der Waals surface area contributed by atoms with E-state index in [-0.39, 0.29) is 12.2 Å². The van der Waals surface area contributed by atoms with Crippen LogP contribution >= 0.6 is 0 Å². The van der Waals surface area contributed by atoms with Crippen molar-refractivity contribution in [2.75, 3.05) is 45.9 Å². The summed E-state index contributed by atoms with van der Waals surface area (Å²) < 4.78 is 38.6. The number of nitrogens with two attached hydrogens (primary N) is 1. The zero-order chi connectivity index (χ0) is 13.2. The Morgan fingerprint density at radius 2 is 1.89 bits per heavy atom. The normalized spacial score (nSPS) is 32.6. The van der Waals surface area contributed by atoms with Crippen LogP contribution in [0, 0.1) is 0 Å². The molecule has 18 heavy (non-hydrogen) atoms. The molecule has 0 amide bonds. The first-order valence-electron chi connectivity index (χ1n) is 6.22. The molecule has 106 valence electrons. The molecule has 0 aliphatic carbocycles. The Labute approximate surface area is 108 Å². The van der Waals surface area contributed by atoms with E-state index in [0.29, 0.717) is 45.9 Å². The fraction of sp³-hybridized carbons (Fsp3) is 1.00. The van der Waals surface area contributed by atoms with Gasteiger partial charge in [-0.3, -0.25) is 0 Å². The van der Waals surface area contributed by atoms with Crippen molar-refractivity contribution >= 4 is 10.2 Å². The summed E-state index contributed by atoms with van der Waals surface area (Å²) in [6.45, 7) is 4.67. The average molecular weight is 279 g/mol. The Kier molecular flexibility index (Phi) is 4.57. The molecule has 2 aliphatic rings. The number of hydrogen-bond donors (Lipinski definition) is 1. The molecule has 0 aromatic heterocycles. The van der Waals surface area contributed by atoms with Crippen LogP contribution in [-0.4, -0.2) is 75.2 Å². The van der Waals surface area contributed by atoms with Gasteiger partial charge in [-0.05, 0) is 6.92 Å². The number of ether oxygens (including phenoxy) is 2. The number of morpholine rings is 2. The molecular formula is C10H21N3O4S. The van der Waals surface area contributed by atoms with Crippen LogP contribution < -0.4 is 5.73 Å². The lowest BCUT2D eigenvalue weighted by Crippen LogP contribution is -2.56. The third-order valence-corrected chi connectivity index (χ3v) is 5.15. The third-order valence-electron chi connectivity index (χ3n) is 3.18. The van der Waals surface area contributed by atoms with Gasteiger partial charge in [0, 0.05) is 32.7 Å². The monoisotopic (exact) mass is 279 g/mol. The lowest BCUT2D eigenvalue weighted by atomic mass is 10.2. The fourth-order valence-electron chi connectivity index (χ4n) is 2.26. The highest BCUT2D eigenvalue weighted by Gasteiger charge is 2.36. The molecule has 2 saturated heterocycles. The quantitative estimate of drug-likeness (QED) is 0.687. The summed E-state index contributed by atoms with van der Waals surface area (Å²) in [7, 11) is -3.41. The van der Waals surface area contributed by atoms with E-state index in [0.717, 1.165) is 0 Å². The number of nitrogens with zero attached hydrogens (tertiary/aromatic N) is 2.